The molecule has 8 nitrogen and oxygen atoms in total. The number of sulfonamides is 1. The van der Waals surface area contributed by atoms with E-state index in [0.717, 1.165) is 45.8 Å². The van der Waals surface area contributed by atoms with Crippen molar-refractivity contribution in [2.24, 2.45) is 0 Å². The van der Waals surface area contributed by atoms with Gasteiger partial charge in [0, 0.05) is 40.0 Å². The monoisotopic (exact) mass is 595 g/mol. The molecule has 208 valence electrons. The summed E-state index contributed by atoms with van der Waals surface area (Å²) in [6.07, 6.45) is 2.87. The SMILES string of the molecule is COc1cc(N2C(=S)N[C@H](c3ccccn3)[C@@H]2c2cc(C)n(-c3cc(Cl)ccc3C)c2C)ccc1NS(C)(=O)=O. The van der Waals surface area contributed by atoms with Crippen molar-refractivity contribution in [2.75, 3.05) is 23.0 Å². The maximum absolute atomic E-state index is 11.9. The third kappa shape index (κ3) is 5.26. The van der Waals surface area contributed by atoms with Gasteiger partial charge in [-0.2, -0.15) is 0 Å². The number of aromatic nitrogens is 2. The Labute approximate surface area is 245 Å². The number of aryl methyl sites for hydroxylation is 2. The summed E-state index contributed by atoms with van der Waals surface area (Å²) in [7, 11) is -1.99. The largest absolute Gasteiger partial charge is 0.494 e. The molecule has 2 N–H and O–H groups in total. The molecule has 1 aliphatic heterocycles. The van der Waals surface area contributed by atoms with E-state index in [2.05, 4.69) is 46.4 Å². The van der Waals surface area contributed by atoms with Crippen molar-refractivity contribution < 1.29 is 13.2 Å². The molecule has 11 heteroatoms. The highest BCUT2D eigenvalue weighted by Gasteiger charge is 2.42. The summed E-state index contributed by atoms with van der Waals surface area (Å²) < 4.78 is 34.1. The molecule has 0 unspecified atom stereocenters. The van der Waals surface area contributed by atoms with Crippen LogP contribution in [0.25, 0.3) is 5.69 Å². The van der Waals surface area contributed by atoms with Crippen molar-refractivity contribution in [1.82, 2.24) is 14.9 Å². The third-order valence-electron chi connectivity index (χ3n) is 7.06. The molecule has 40 heavy (non-hydrogen) atoms. The van der Waals surface area contributed by atoms with Crippen LogP contribution in [-0.4, -0.2) is 36.4 Å². The number of halogens is 1. The Bertz CT molecular complexity index is 1710. The molecule has 0 aliphatic carbocycles. The molecule has 5 rings (SSSR count). The standard InChI is InChI=1S/C29H30ClN5O3S2/c1-17-9-10-20(30)15-25(17)34-18(2)14-22(19(34)3)28-27(24-8-6-7-13-31-24)32-29(39)35(28)21-11-12-23(26(16-21)38-4)33-40(5,36)37/h6-16,27-28,33H,1-5H3,(H,32,39)/t27-,28+/m1/s1. The summed E-state index contributed by atoms with van der Waals surface area (Å²) in [5, 5.41) is 4.68. The summed E-state index contributed by atoms with van der Waals surface area (Å²) in [6, 6.07) is 18.7. The van der Waals surface area contributed by atoms with Crippen LogP contribution in [0.1, 0.15) is 40.3 Å². The van der Waals surface area contributed by atoms with E-state index in [9.17, 15) is 8.42 Å². The van der Waals surface area contributed by atoms with Crippen molar-refractivity contribution >= 4 is 50.3 Å². The maximum atomic E-state index is 11.9. The molecule has 1 fully saturated rings. The first-order valence-corrected chi connectivity index (χ1v) is 15.3. The zero-order valence-electron chi connectivity index (χ0n) is 22.8. The average Bonchev–Trinajstić information content (AvgIpc) is 3.40. The van der Waals surface area contributed by atoms with Crippen molar-refractivity contribution in [1.29, 1.82) is 0 Å². The zero-order chi connectivity index (χ0) is 28.8. The van der Waals surface area contributed by atoms with Gasteiger partial charge in [0.25, 0.3) is 0 Å². The lowest BCUT2D eigenvalue weighted by Gasteiger charge is -2.29. The number of hydrogen-bond acceptors (Lipinski definition) is 5. The first kappa shape index (κ1) is 27.9. The third-order valence-corrected chi connectivity index (χ3v) is 8.20. The number of nitrogens with one attached hydrogen (secondary N) is 2. The number of hydrogen-bond donors (Lipinski definition) is 2. The normalized spacial score (nSPS) is 17.1. The molecule has 0 radical (unpaired) electrons. The van der Waals surface area contributed by atoms with Crippen molar-refractivity contribution in [3.05, 3.63) is 100 Å². The van der Waals surface area contributed by atoms with Crippen molar-refractivity contribution in [3.63, 3.8) is 0 Å². The molecular formula is C29H30ClN5O3S2. The second-order valence-corrected chi connectivity index (χ2v) is 12.4. The van der Waals surface area contributed by atoms with Gasteiger partial charge in [-0.05, 0) is 86.6 Å². The molecule has 3 heterocycles. The van der Waals surface area contributed by atoms with Crippen LogP contribution in [-0.2, 0) is 10.0 Å². The number of anilines is 2. The lowest BCUT2D eigenvalue weighted by atomic mass is 9.96. The van der Waals surface area contributed by atoms with E-state index in [1.807, 2.05) is 47.4 Å². The Morgan fingerprint density at radius 3 is 2.52 bits per heavy atom. The summed E-state index contributed by atoms with van der Waals surface area (Å²) in [5.41, 5.74) is 7.24. The summed E-state index contributed by atoms with van der Waals surface area (Å²) in [4.78, 5) is 6.70. The summed E-state index contributed by atoms with van der Waals surface area (Å²) in [6.45, 7) is 6.24. The van der Waals surface area contributed by atoms with Gasteiger partial charge in [-0.25, -0.2) is 8.42 Å². The topological polar surface area (TPSA) is 88.5 Å². The maximum Gasteiger partial charge on any atom is 0.229 e. The van der Waals surface area contributed by atoms with Crippen LogP contribution >= 0.6 is 23.8 Å². The molecule has 0 saturated carbocycles. The van der Waals surface area contributed by atoms with Gasteiger partial charge in [0.2, 0.25) is 10.0 Å². The van der Waals surface area contributed by atoms with Crippen LogP contribution in [0.3, 0.4) is 0 Å². The smallest absolute Gasteiger partial charge is 0.229 e. The molecule has 2 aromatic heterocycles. The summed E-state index contributed by atoms with van der Waals surface area (Å²) in [5.74, 6) is 0.380. The number of benzene rings is 2. The van der Waals surface area contributed by atoms with Crippen LogP contribution < -0.4 is 19.7 Å². The summed E-state index contributed by atoms with van der Waals surface area (Å²) >= 11 is 12.3. The Hall–Kier alpha value is -3.60. The fourth-order valence-corrected chi connectivity index (χ4v) is 6.42. The van der Waals surface area contributed by atoms with E-state index in [4.69, 9.17) is 28.6 Å². The van der Waals surface area contributed by atoms with Crippen LogP contribution in [0.15, 0.2) is 66.9 Å². The lowest BCUT2D eigenvalue weighted by molar-refractivity contribution is 0.417. The molecule has 0 bridgehead atoms. The number of nitrogens with zero attached hydrogens (tertiary/aromatic N) is 3. The number of methoxy groups -OCH3 is 1. The highest BCUT2D eigenvalue weighted by Crippen LogP contribution is 2.45. The minimum atomic E-state index is -3.49. The minimum Gasteiger partial charge on any atom is -0.494 e. The Morgan fingerprint density at radius 1 is 1.07 bits per heavy atom. The molecule has 1 aliphatic rings. The predicted molar refractivity (Wildman–Crippen MR) is 164 cm³/mol. The van der Waals surface area contributed by atoms with E-state index in [-0.39, 0.29) is 12.1 Å². The second-order valence-electron chi connectivity index (χ2n) is 9.85. The Kier molecular flexibility index (Phi) is 7.52. The first-order chi connectivity index (χ1) is 19.0. The Balaban J connectivity index is 1.68. The molecule has 0 spiro atoms. The fraction of sp³-hybridized carbons (Fsp3) is 0.241. The van der Waals surface area contributed by atoms with Gasteiger partial charge in [0.05, 0.1) is 36.8 Å². The number of ether oxygens (including phenoxy) is 1. The van der Waals surface area contributed by atoms with E-state index in [0.29, 0.717) is 21.6 Å². The van der Waals surface area contributed by atoms with Gasteiger partial charge in [0.1, 0.15) is 5.75 Å². The predicted octanol–water partition coefficient (Wildman–Crippen LogP) is 6.01. The molecule has 1 saturated heterocycles. The fourth-order valence-electron chi connectivity index (χ4n) is 5.34. The van der Waals surface area contributed by atoms with Crippen LogP contribution in [0.2, 0.25) is 5.02 Å². The minimum absolute atomic E-state index is 0.247. The van der Waals surface area contributed by atoms with E-state index >= 15 is 0 Å². The van der Waals surface area contributed by atoms with Gasteiger partial charge < -0.3 is 19.5 Å². The van der Waals surface area contributed by atoms with Gasteiger partial charge in [-0.15, -0.1) is 0 Å². The first-order valence-electron chi connectivity index (χ1n) is 12.6. The van der Waals surface area contributed by atoms with Crippen molar-refractivity contribution in [2.45, 2.75) is 32.9 Å². The van der Waals surface area contributed by atoms with Gasteiger partial charge >= 0.3 is 0 Å². The quantitative estimate of drug-likeness (QED) is 0.253. The van der Waals surface area contributed by atoms with Crippen molar-refractivity contribution in [3.8, 4) is 11.4 Å². The average molecular weight is 596 g/mol. The van der Waals surface area contributed by atoms with Crippen LogP contribution in [0.4, 0.5) is 11.4 Å². The van der Waals surface area contributed by atoms with Crippen LogP contribution in [0, 0.1) is 20.8 Å². The highest BCUT2D eigenvalue weighted by atomic mass is 35.5. The second kappa shape index (κ2) is 10.8. The van der Waals surface area contributed by atoms with Crippen LogP contribution in [0.5, 0.6) is 5.75 Å². The van der Waals surface area contributed by atoms with Gasteiger partial charge in [-0.3, -0.25) is 9.71 Å². The van der Waals surface area contributed by atoms with E-state index in [1.54, 1.807) is 18.3 Å². The molecule has 2 atom stereocenters. The lowest BCUT2D eigenvalue weighted by Crippen LogP contribution is -2.29. The van der Waals surface area contributed by atoms with Gasteiger partial charge in [0.15, 0.2) is 5.11 Å². The highest BCUT2D eigenvalue weighted by molar-refractivity contribution is 7.92. The molecule has 0 amide bonds. The number of rotatable bonds is 7. The van der Waals surface area contributed by atoms with E-state index in [1.165, 1.54) is 7.11 Å². The Morgan fingerprint density at radius 2 is 1.85 bits per heavy atom. The zero-order valence-corrected chi connectivity index (χ0v) is 25.2. The van der Waals surface area contributed by atoms with Gasteiger partial charge in [-0.1, -0.05) is 23.7 Å². The number of pyridine rings is 1. The van der Waals surface area contributed by atoms with E-state index < -0.39 is 10.0 Å². The molecule has 2 aromatic carbocycles. The molecule has 4 aromatic rings. The number of thiocarbonyl (C=S) groups is 1. The molecular weight excluding hydrogens is 566 g/mol.